The van der Waals surface area contributed by atoms with Crippen LogP contribution in [0.25, 0.3) is 11.1 Å². The maximum atomic E-state index is 5.61. The molecule has 0 amide bonds. The zero-order valence-electron chi connectivity index (χ0n) is 6.53. The highest BCUT2D eigenvalue weighted by Crippen LogP contribution is 2.23. The van der Waals surface area contributed by atoms with Crippen LogP contribution in [0.1, 0.15) is 5.76 Å². The molecule has 0 N–H and O–H groups in total. The van der Waals surface area contributed by atoms with Gasteiger partial charge in [0, 0.05) is 12.5 Å². The molecule has 0 unspecified atom stereocenters. The van der Waals surface area contributed by atoms with E-state index in [1.165, 1.54) is 0 Å². The zero-order chi connectivity index (χ0) is 8.39. The van der Waals surface area contributed by atoms with Gasteiger partial charge in [0.1, 0.15) is 5.76 Å². The zero-order valence-corrected chi connectivity index (χ0v) is 6.53. The summed E-state index contributed by atoms with van der Waals surface area (Å²) < 4.78 is 5.00. The van der Waals surface area contributed by atoms with Gasteiger partial charge in [-0.1, -0.05) is 30.3 Å². The van der Waals surface area contributed by atoms with Gasteiger partial charge in [0.2, 0.25) is 0 Å². The summed E-state index contributed by atoms with van der Waals surface area (Å²) in [7, 11) is 0. The highest BCUT2D eigenvalue weighted by atomic mass is 16.3. The Morgan fingerprint density at radius 2 is 1.75 bits per heavy atom. The van der Waals surface area contributed by atoms with E-state index in [9.17, 15) is 0 Å². The van der Waals surface area contributed by atoms with Gasteiger partial charge in [0.05, 0.1) is 6.26 Å². The molecule has 0 saturated heterocycles. The first kappa shape index (κ1) is 7.17. The molecule has 0 aliphatic rings. The van der Waals surface area contributed by atoms with Crippen molar-refractivity contribution in [3.8, 4) is 11.1 Å². The molecule has 1 nitrogen and oxygen atoms in total. The second-order valence-electron chi connectivity index (χ2n) is 2.56. The fourth-order valence-corrected chi connectivity index (χ4v) is 1.18. The third-order valence-corrected chi connectivity index (χ3v) is 1.78. The van der Waals surface area contributed by atoms with E-state index in [1.807, 2.05) is 36.4 Å². The Bertz CT molecular complexity index is 360. The molecule has 2 radical (unpaired) electrons. The van der Waals surface area contributed by atoms with Crippen molar-refractivity contribution in [2.75, 3.05) is 0 Å². The number of hydrogen-bond acceptors (Lipinski definition) is 1. The number of rotatable bonds is 1. The first-order valence-corrected chi connectivity index (χ1v) is 3.76. The summed E-state index contributed by atoms with van der Waals surface area (Å²) in [5.41, 5.74) is 2.04. The van der Waals surface area contributed by atoms with Crippen LogP contribution < -0.4 is 0 Å². The lowest BCUT2D eigenvalue weighted by Gasteiger charge is -1.96. The summed E-state index contributed by atoms with van der Waals surface area (Å²) in [5.74, 6) is 0.473. The molecular formula is C11H8O. The lowest BCUT2D eigenvalue weighted by Crippen LogP contribution is -1.74. The monoisotopic (exact) mass is 156 g/mol. The fourth-order valence-electron chi connectivity index (χ4n) is 1.18. The standard InChI is InChI=1S/C11H8O/c1-9-11(7-8-12-9)10-5-3-2-4-6-10/h1-8H. The lowest BCUT2D eigenvalue weighted by atomic mass is 10.1. The molecule has 1 aromatic carbocycles. The van der Waals surface area contributed by atoms with Gasteiger partial charge in [-0.15, -0.1) is 0 Å². The first-order chi connectivity index (χ1) is 5.88. The molecule has 1 heterocycles. The predicted molar refractivity (Wildman–Crippen MR) is 47.5 cm³/mol. The Kier molecular flexibility index (Phi) is 1.71. The van der Waals surface area contributed by atoms with Crippen molar-refractivity contribution in [3.05, 3.63) is 55.3 Å². The van der Waals surface area contributed by atoms with E-state index in [2.05, 4.69) is 0 Å². The van der Waals surface area contributed by atoms with Gasteiger partial charge in [-0.25, -0.2) is 0 Å². The van der Waals surface area contributed by atoms with E-state index in [1.54, 1.807) is 6.26 Å². The molecule has 0 fully saturated rings. The van der Waals surface area contributed by atoms with Gasteiger partial charge in [0.25, 0.3) is 0 Å². The first-order valence-electron chi connectivity index (χ1n) is 3.76. The third kappa shape index (κ3) is 1.14. The van der Waals surface area contributed by atoms with Gasteiger partial charge in [-0.2, -0.15) is 0 Å². The molecular weight excluding hydrogens is 148 g/mol. The van der Waals surface area contributed by atoms with Crippen LogP contribution >= 0.6 is 0 Å². The van der Waals surface area contributed by atoms with Gasteiger partial charge in [-0.05, 0) is 11.6 Å². The quantitative estimate of drug-likeness (QED) is 0.618. The van der Waals surface area contributed by atoms with Crippen molar-refractivity contribution >= 4 is 0 Å². The molecule has 0 atom stereocenters. The predicted octanol–water partition coefficient (Wildman–Crippen LogP) is 3.01. The van der Waals surface area contributed by atoms with Crippen LogP contribution in [0.5, 0.6) is 0 Å². The normalized spacial score (nSPS) is 10.1. The van der Waals surface area contributed by atoms with Crippen LogP contribution in [0, 0.1) is 6.92 Å². The van der Waals surface area contributed by atoms with Crippen molar-refractivity contribution in [3.63, 3.8) is 0 Å². The topological polar surface area (TPSA) is 13.1 Å². The fraction of sp³-hybridized carbons (Fsp3) is 0. The molecule has 2 rings (SSSR count). The van der Waals surface area contributed by atoms with Crippen molar-refractivity contribution in [2.45, 2.75) is 0 Å². The van der Waals surface area contributed by atoms with E-state index >= 15 is 0 Å². The van der Waals surface area contributed by atoms with Gasteiger partial charge >= 0.3 is 0 Å². The minimum atomic E-state index is 0.473. The molecule has 0 saturated carbocycles. The minimum Gasteiger partial charge on any atom is -0.468 e. The summed E-state index contributed by atoms with van der Waals surface area (Å²) in [6, 6.07) is 11.8. The maximum absolute atomic E-state index is 5.61. The van der Waals surface area contributed by atoms with Crippen LogP contribution in [-0.4, -0.2) is 0 Å². The Hall–Kier alpha value is -1.50. The average molecular weight is 156 g/mol. The van der Waals surface area contributed by atoms with E-state index in [-0.39, 0.29) is 0 Å². The van der Waals surface area contributed by atoms with Crippen LogP contribution in [0.3, 0.4) is 0 Å². The van der Waals surface area contributed by atoms with Gasteiger partial charge in [-0.3, -0.25) is 0 Å². The van der Waals surface area contributed by atoms with Crippen molar-refractivity contribution in [2.24, 2.45) is 0 Å². The number of furan rings is 1. The summed E-state index contributed by atoms with van der Waals surface area (Å²) >= 11 is 0. The highest BCUT2D eigenvalue weighted by molar-refractivity contribution is 5.65. The second-order valence-corrected chi connectivity index (χ2v) is 2.56. The lowest BCUT2D eigenvalue weighted by molar-refractivity contribution is 0.550. The van der Waals surface area contributed by atoms with E-state index < -0.39 is 0 Å². The van der Waals surface area contributed by atoms with Gasteiger partial charge < -0.3 is 4.42 Å². The smallest absolute Gasteiger partial charge is 0.116 e. The molecule has 1 heteroatoms. The molecule has 0 aliphatic heterocycles. The van der Waals surface area contributed by atoms with Crippen molar-refractivity contribution < 1.29 is 4.42 Å². The molecule has 0 spiro atoms. The second kappa shape index (κ2) is 2.86. The van der Waals surface area contributed by atoms with E-state index in [0.29, 0.717) is 5.76 Å². The summed E-state index contributed by atoms with van der Waals surface area (Å²) in [6.07, 6.45) is 1.59. The Morgan fingerprint density at radius 1 is 1.00 bits per heavy atom. The summed E-state index contributed by atoms with van der Waals surface area (Å²) in [5, 5.41) is 0. The molecule has 58 valence electrons. The molecule has 0 bridgehead atoms. The largest absolute Gasteiger partial charge is 0.468 e. The molecule has 2 aromatic rings. The van der Waals surface area contributed by atoms with Crippen molar-refractivity contribution in [1.82, 2.24) is 0 Å². The molecule has 12 heavy (non-hydrogen) atoms. The SMILES string of the molecule is [CH]c1occc1-c1ccccc1. The third-order valence-electron chi connectivity index (χ3n) is 1.78. The minimum absolute atomic E-state index is 0.473. The van der Waals surface area contributed by atoms with E-state index in [4.69, 9.17) is 11.3 Å². The van der Waals surface area contributed by atoms with Crippen molar-refractivity contribution in [1.29, 1.82) is 0 Å². The number of hydrogen-bond donors (Lipinski definition) is 0. The summed E-state index contributed by atoms with van der Waals surface area (Å²) in [6.45, 7) is 5.61. The van der Waals surface area contributed by atoms with Gasteiger partial charge in [0.15, 0.2) is 0 Å². The average Bonchev–Trinajstić information content (AvgIpc) is 2.53. The molecule has 0 aliphatic carbocycles. The maximum Gasteiger partial charge on any atom is 0.116 e. The van der Waals surface area contributed by atoms with Crippen LogP contribution in [0.2, 0.25) is 0 Å². The Labute approximate surface area is 71.6 Å². The number of benzene rings is 1. The van der Waals surface area contributed by atoms with Crippen LogP contribution in [0.4, 0.5) is 0 Å². The molecule has 1 aromatic heterocycles. The highest BCUT2D eigenvalue weighted by Gasteiger charge is 2.02. The van der Waals surface area contributed by atoms with Crippen LogP contribution in [-0.2, 0) is 0 Å². The summed E-state index contributed by atoms with van der Waals surface area (Å²) in [4.78, 5) is 0. The van der Waals surface area contributed by atoms with E-state index in [0.717, 1.165) is 11.1 Å². The van der Waals surface area contributed by atoms with Crippen LogP contribution in [0.15, 0.2) is 47.1 Å². The Balaban J connectivity index is 2.51. The Morgan fingerprint density at radius 3 is 2.33 bits per heavy atom.